The lowest BCUT2D eigenvalue weighted by molar-refractivity contribution is 0.521. The van der Waals surface area contributed by atoms with Crippen molar-refractivity contribution in [1.82, 2.24) is 9.97 Å². The third-order valence-corrected chi connectivity index (χ3v) is 4.30. The number of hydrogen-bond acceptors (Lipinski definition) is 4. The Bertz CT molecular complexity index is 751. The highest BCUT2D eigenvalue weighted by atomic mass is 35.5. The molecule has 20 heavy (non-hydrogen) atoms. The molecule has 0 fully saturated rings. The van der Waals surface area contributed by atoms with Crippen LogP contribution in [0, 0.1) is 11.6 Å². The maximum atomic E-state index is 13.5. The first-order valence-corrected chi connectivity index (χ1v) is 7.19. The van der Waals surface area contributed by atoms with E-state index in [1.54, 1.807) is 0 Å². The van der Waals surface area contributed by atoms with Crippen LogP contribution in [-0.4, -0.2) is 18.4 Å². The molecule has 2 rings (SSSR count). The Hall–Kier alpha value is -1.51. The number of benzene rings is 1. The lowest BCUT2D eigenvalue weighted by Crippen LogP contribution is -2.17. The van der Waals surface area contributed by atoms with E-state index in [9.17, 15) is 17.2 Å². The molecular formula is C10H5Cl2F2N3O2S. The molecular weight excluding hydrogens is 335 g/mol. The molecule has 1 aromatic heterocycles. The van der Waals surface area contributed by atoms with Gasteiger partial charge in [-0.05, 0) is 12.1 Å². The molecule has 0 saturated heterocycles. The van der Waals surface area contributed by atoms with E-state index in [0.717, 1.165) is 24.5 Å². The monoisotopic (exact) mass is 339 g/mol. The summed E-state index contributed by atoms with van der Waals surface area (Å²) in [7, 11) is -4.55. The number of anilines is 1. The molecule has 0 atom stereocenters. The average molecular weight is 340 g/mol. The van der Waals surface area contributed by atoms with E-state index in [1.807, 2.05) is 4.72 Å². The fourth-order valence-electron chi connectivity index (χ4n) is 1.34. The molecule has 0 amide bonds. The number of nitrogens with one attached hydrogen (secondary N) is 1. The van der Waals surface area contributed by atoms with Crippen molar-refractivity contribution < 1.29 is 17.2 Å². The Morgan fingerprint density at radius 1 is 1.10 bits per heavy atom. The van der Waals surface area contributed by atoms with Crippen LogP contribution in [0.3, 0.4) is 0 Å². The summed E-state index contributed by atoms with van der Waals surface area (Å²) in [6.07, 6.45) is 0.948. The second kappa shape index (κ2) is 5.47. The summed E-state index contributed by atoms with van der Waals surface area (Å²) in [5.74, 6) is -2.86. The molecule has 0 aliphatic heterocycles. The van der Waals surface area contributed by atoms with Crippen LogP contribution in [0.2, 0.25) is 10.2 Å². The van der Waals surface area contributed by atoms with Crippen molar-refractivity contribution in [2.75, 3.05) is 4.72 Å². The molecule has 0 aliphatic carbocycles. The zero-order valence-corrected chi connectivity index (χ0v) is 11.8. The summed E-state index contributed by atoms with van der Waals surface area (Å²) in [5.41, 5.74) is 0. The summed E-state index contributed by atoms with van der Waals surface area (Å²) >= 11 is 11.3. The topological polar surface area (TPSA) is 72.0 Å². The van der Waals surface area contributed by atoms with Gasteiger partial charge in [-0.1, -0.05) is 29.3 Å². The van der Waals surface area contributed by atoms with Crippen LogP contribution in [0.25, 0.3) is 0 Å². The van der Waals surface area contributed by atoms with E-state index >= 15 is 0 Å². The predicted molar refractivity (Wildman–Crippen MR) is 69.2 cm³/mol. The quantitative estimate of drug-likeness (QED) is 0.872. The largest absolute Gasteiger partial charge is 0.268 e. The fourth-order valence-corrected chi connectivity index (χ4v) is 2.83. The number of sulfonamides is 1. The van der Waals surface area contributed by atoms with E-state index in [2.05, 4.69) is 9.97 Å². The second-order valence-corrected chi connectivity index (χ2v) is 5.84. The standard InChI is InChI=1S/C10H5Cl2F2N3O2S/c11-7-9(12)15-4-16-10(7)17-20(18,19)8-5(13)2-1-3-6(8)14/h1-4H,(H,15,16,17). The van der Waals surface area contributed by atoms with Crippen molar-refractivity contribution >= 4 is 39.0 Å². The van der Waals surface area contributed by atoms with Gasteiger partial charge >= 0.3 is 0 Å². The maximum Gasteiger partial charge on any atom is 0.268 e. The summed E-state index contributed by atoms with van der Waals surface area (Å²) in [6, 6.07) is 2.66. The number of halogens is 4. The van der Waals surface area contributed by atoms with Crippen LogP contribution in [0.5, 0.6) is 0 Å². The SMILES string of the molecule is O=S(=O)(Nc1ncnc(Cl)c1Cl)c1c(F)cccc1F. The zero-order chi connectivity index (χ0) is 14.9. The lowest BCUT2D eigenvalue weighted by atomic mass is 10.3. The van der Waals surface area contributed by atoms with Gasteiger partial charge in [0, 0.05) is 0 Å². The van der Waals surface area contributed by atoms with Gasteiger partial charge in [0.15, 0.2) is 15.9 Å². The normalized spacial score (nSPS) is 11.4. The van der Waals surface area contributed by atoms with Crippen LogP contribution >= 0.6 is 23.2 Å². The van der Waals surface area contributed by atoms with E-state index in [0.29, 0.717) is 0 Å². The minimum absolute atomic E-state index is 0.201. The molecule has 0 bridgehead atoms. The number of rotatable bonds is 3. The molecule has 0 spiro atoms. The van der Waals surface area contributed by atoms with Gasteiger partial charge < -0.3 is 0 Å². The lowest BCUT2D eigenvalue weighted by Gasteiger charge is -2.10. The van der Waals surface area contributed by atoms with E-state index < -0.39 is 26.6 Å². The van der Waals surface area contributed by atoms with Crippen molar-refractivity contribution in [3.05, 3.63) is 46.3 Å². The van der Waals surface area contributed by atoms with Crippen molar-refractivity contribution in [1.29, 1.82) is 0 Å². The van der Waals surface area contributed by atoms with Crippen molar-refractivity contribution in [3.8, 4) is 0 Å². The van der Waals surface area contributed by atoms with Crippen LogP contribution in [-0.2, 0) is 10.0 Å². The van der Waals surface area contributed by atoms with Gasteiger partial charge in [0.1, 0.15) is 23.0 Å². The Morgan fingerprint density at radius 2 is 1.70 bits per heavy atom. The van der Waals surface area contributed by atoms with Gasteiger partial charge in [0.25, 0.3) is 10.0 Å². The van der Waals surface area contributed by atoms with Gasteiger partial charge in [-0.2, -0.15) is 0 Å². The highest BCUT2D eigenvalue weighted by molar-refractivity contribution is 7.92. The van der Waals surface area contributed by atoms with Crippen molar-refractivity contribution in [3.63, 3.8) is 0 Å². The molecule has 1 heterocycles. The fraction of sp³-hybridized carbons (Fsp3) is 0. The zero-order valence-electron chi connectivity index (χ0n) is 9.44. The van der Waals surface area contributed by atoms with Crippen molar-refractivity contribution in [2.45, 2.75) is 4.90 Å². The van der Waals surface area contributed by atoms with E-state index in [4.69, 9.17) is 23.2 Å². The molecule has 1 aromatic carbocycles. The van der Waals surface area contributed by atoms with Gasteiger partial charge in [0.05, 0.1) is 0 Å². The smallest absolute Gasteiger partial charge is 0.262 e. The molecule has 1 N–H and O–H groups in total. The molecule has 10 heteroatoms. The Balaban J connectivity index is 2.50. The van der Waals surface area contributed by atoms with Crippen LogP contribution < -0.4 is 4.72 Å². The third-order valence-electron chi connectivity index (χ3n) is 2.17. The van der Waals surface area contributed by atoms with Crippen molar-refractivity contribution in [2.24, 2.45) is 0 Å². The molecule has 5 nitrogen and oxygen atoms in total. The highest BCUT2D eigenvalue weighted by Gasteiger charge is 2.25. The summed E-state index contributed by atoms with van der Waals surface area (Å²) in [4.78, 5) is 5.93. The molecule has 0 radical (unpaired) electrons. The number of aromatic nitrogens is 2. The van der Waals surface area contributed by atoms with Crippen LogP contribution in [0.15, 0.2) is 29.4 Å². The van der Waals surface area contributed by atoms with E-state index in [1.165, 1.54) is 0 Å². The van der Waals surface area contributed by atoms with Gasteiger partial charge in [-0.25, -0.2) is 27.2 Å². The minimum atomic E-state index is -4.55. The first-order valence-electron chi connectivity index (χ1n) is 4.96. The van der Waals surface area contributed by atoms with E-state index in [-0.39, 0.29) is 16.0 Å². The summed E-state index contributed by atoms with van der Waals surface area (Å²) in [6.45, 7) is 0. The second-order valence-electron chi connectivity index (χ2n) is 3.48. The average Bonchev–Trinajstić information content (AvgIpc) is 2.34. The Morgan fingerprint density at radius 3 is 2.30 bits per heavy atom. The molecule has 0 aliphatic rings. The third kappa shape index (κ3) is 2.82. The highest BCUT2D eigenvalue weighted by Crippen LogP contribution is 2.28. The summed E-state index contributed by atoms with van der Waals surface area (Å²) in [5, 5.41) is -0.483. The molecule has 106 valence electrons. The molecule has 0 saturated carbocycles. The Labute approximate surface area is 122 Å². The van der Waals surface area contributed by atoms with Crippen LogP contribution in [0.1, 0.15) is 0 Å². The maximum absolute atomic E-state index is 13.5. The minimum Gasteiger partial charge on any atom is -0.262 e. The Kier molecular flexibility index (Phi) is 4.07. The van der Waals surface area contributed by atoms with Crippen LogP contribution in [0.4, 0.5) is 14.6 Å². The number of nitrogens with zero attached hydrogens (tertiary/aromatic N) is 2. The molecule has 0 unspecified atom stereocenters. The molecule has 2 aromatic rings. The van der Waals surface area contributed by atoms with Gasteiger partial charge in [-0.15, -0.1) is 0 Å². The predicted octanol–water partition coefficient (Wildman–Crippen LogP) is 2.86. The summed E-state index contributed by atoms with van der Waals surface area (Å²) < 4.78 is 52.7. The van der Waals surface area contributed by atoms with Gasteiger partial charge in [-0.3, -0.25) is 4.72 Å². The first-order chi connectivity index (χ1) is 9.33. The number of hydrogen-bond donors (Lipinski definition) is 1. The first kappa shape index (κ1) is 14.9. The van der Waals surface area contributed by atoms with Gasteiger partial charge in [0.2, 0.25) is 0 Å².